The highest BCUT2D eigenvalue weighted by Crippen LogP contribution is 2.29. The van der Waals surface area contributed by atoms with Crippen LogP contribution in [0.15, 0.2) is 52.4 Å². The molecule has 4 rings (SSSR count). The molecular weight excluding hydrogens is 378 g/mol. The van der Waals surface area contributed by atoms with Crippen LogP contribution in [0.25, 0.3) is 22.4 Å². The Kier molecular flexibility index (Phi) is 4.62. The number of carbonyl (C=O) groups excluding carboxylic acids is 2. The summed E-state index contributed by atoms with van der Waals surface area (Å²) in [6.07, 6.45) is 0. The number of pyridine rings is 1. The monoisotopic (exact) mass is 393 g/mol. The number of nitrogens with one attached hydrogen (secondary N) is 1. The number of benzene rings is 1. The molecule has 28 heavy (non-hydrogen) atoms. The number of hydrogen-bond donors (Lipinski definition) is 1. The fourth-order valence-corrected chi connectivity index (χ4v) is 3.64. The highest BCUT2D eigenvalue weighted by Gasteiger charge is 2.22. The molecule has 0 spiro atoms. The minimum atomic E-state index is -0.503. The van der Waals surface area contributed by atoms with Crippen LogP contribution in [0.2, 0.25) is 0 Å². The molecule has 0 radical (unpaired) electrons. The molecule has 0 bridgehead atoms. The number of nitrogens with zero attached hydrogens (tertiary/aromatic N) is 2. The van der Waals surface area contributed by atoms with Gasteiger partial charge < -0.3 is 14.6 Å². The number of carbonyl (C=O) groups is 2. The maximum Gasteiger partial charge on any atom is 0.350 e. The molecule has 8 heteroatoms. The molecule has 0 atom stereocenters. The zero-order valence-electron chi connectivity index (χ0n) is 15.1. The van der Waals surface area contributed by atoms with E-state index in [2.05, 4.69) is 15.5 Å². The van der Waals surface area contributed by atoms with Crippen molar-refractivity contribution in [2.45, 2.75) is 6.92 Å². The van der Waals surface area contributed by atoms with Crippen molar-refractivity contribution in [1.82, 2.24) is 10.1 Å². The van der Waals surface area contributed by atoms with Crippen LogP contribution in [0.3, 0.4) is 0 Å². The van der Waals surface area contributed by atoms with Gasteiger partial charge in [0.05, 0.1) is 35.1 Å². The summed E-state index contributed by atoms with van der Waals surface area (Å²) in [5, 5.41) is 8.97. The first-order valence-corrected chi connectivity index (χ1v) is 9.26. The lowest BCUT2D eigenvalue weighted by Crippen LogP contribution is -2.15. The number of aryl methyl sites for hydroxylation is 1. The van der Waals surface area contributed by atoms with Crippen LogP contribution in [-0.4, -0.2) is 29.1 Å². The van der Waals surface area contributed by atoms with E-state index in [1.807, 2.05) is 30.3 Å². The number of thiophene rings is 1. The zero-order chi connectivity index (χ0) is 19.7. The summed E-state index contributed by atoms with van der Waals surface area (Å²) >= 11 is 1.20. The van der Waals surface area contributed by atoms with Crippen molar-refractivity contribution in [1.29, 1.82) is 0 Å². The Morgan fingerprint density at radius 1 is 1.18 bits per heavy atom. The second-order valence-electron chi connectivity index (χ2n) is 5.98. The van der Waals surface area contributed by atoms with Gasteiger partial charge in [0.15, 0.2) is 0 Å². The zero-order valence-corrected chi connectivity index (χ0v) is 15.9. The highest BCUT2D eigenvalue weighted by molar-refractivity contribution is 7.12. The summed E-state index contributed by atoms with van der Waals surface area (Å²) in [6.45, 7) is 1.75. The van der Waals surface area contributed by atoms with Gasteiger partial charge in [-0.3, -0.25) is 4.79 Å². The quantitative estimate of drug-likeness (QED) is 0.520. The molecule has 0 saturated heterocycles. The summed E-state index contributed by atoms with van der Waals surface area (Å²) < 4.78 is 10.1. The molecule has 1 aromatic carbocycles. The number of esters is 1. The van der Waals surface area contributed by atoms with Crippen LogP contribution in [0.4, 0.5) is 5.69 Å². The predicted octanol–water partition coefficient (Wildman–Crippen LogP) is 4.30. The van der Waals surface area contributed by atoms with Gasteiger partial charge in [-0.15, -0.1) is 11.3 Å². The van der Waals surface area contributed by atoms with E-state index in [0.717, 1.165) is 5.56 Å². The van der Waals surface area contributed by atoms with Crippen molar-refractivity contribution < 1.29 is 18.8 Å². The number of anilines is 1. The van der Waals surface area contributed by atoms with E-state index >= 15 is 0 Å². The third kappa shape index (κ3) is 3.14. The largest absolute Gasteiger partial charge is 0.465 e. The van der Waals surface area contributed by atoms with Crippen LogP contribution in [0, 0.1) is 6.92 Å². The maximum atomic E-state index is 13.1. The van der Waals surface area contributed by atoms with E-state index in [9.17, 15) is 9.59 Å². The van der Waals surface area contributed by atoms with Crippen molar-refractivity contribution in [2.75, 3.05) is 12.4 Å². The smallest absolute Gasteiger partial charge is 0.350 e. The number of hydrogen-bond acceptors (Lipinski definition) is 7. The molecular formula is C20H15N3O4S. The van der Waals surface area contributed by atoms with Gasteiger partial charge in [0, 0.05) is 5.56 Å². The summed E-state index contributed by atoms with van der Waals surface area (Å²) in [5.74, 6) is -0.893. The van der Waals surface area contributed by atoms with E-state index in [0.29, 0.717) is 32.9 Å². The van der Waals surface area contributed by atoms with E-state index in [-0.39, 0.29) is 11.6 Å². The van der Waals surface area contributed by atoms with Crippen LogP contribution < -0.4 is 5.32 Å². The van der Waals surface area contributed by atoms with E-state index in [1.165, 1.54) is 18.4 Å². The number of fused-ring (bicyclic) bond motifs is 1. The lowest BCUT2D eigenvalue weighted by atomic mass is 10.1. The van der Waals surface area contributed by atoms with Gasteiger partial charge in [-0.2, -0.15) is 0 Å². The van der Waals surface area contributed by atoms with Gasteiger partial charge in [0.2, 0.25) is 0 Å². The molecule has 0 aliphatic carbocycles. The Bertz CT molecular complexity index is 1180. The molecule has 0 fully saturated rings. The van der Waals surface area contributed by atoms with Crippen molar-refractivity contribution in [2.24, 2.45) is 0 Å². The van der Waals surface area contributed by atoms with E-state index in [1.54, 1.807) is 24.4 Å². The Balaban J connectivity index is 1.79. The lowest BCUT2D eigenvalue weighted by Gasteiger charge is -2.08. The fraction of sp³-hybridized carbons (Fsp3) is 0.100. The Hall–Kier alpha value is -3.52. The number of rotatable bonds is 4. The first-order chi connectivity index (χ1) is 13.6. The second-order valence-corrected chi connectivity index (χ2v) is 6.89. The molecule has 3 aromatic heterocycles. The van der Waals surface area contributed by atoms with Crippen molar-refractivity contribution in [3.63, 3.8) is 0 Å². The maximum absolute atomic E-state index is 13.1. The number of amides is 1. The summed E-state index contributed by atoms with van der Waals surface area (Å²) in [7, 11) is 1.30. The number of methoxy groups -OCH3 is 1. The number of aromatic nitrogens is 2. The van der Waals surface area contributed by atoms with Gasteiger partial charge in [-0.25, -0.2) is 9.78 Å². The minimum absolute atomic E-state index is 0.280. The molecule has 140 valence electrons. The molecule has 0 aliphatic heterocycles. The van der Waals surface area contributed by atoms with Crippen molar-refractivity contribution in [3.8, 4) is 11.3 Å². The molecule has 3 heterocycles. The normalized spacial score (nSPS) is 10.8. The third-order valence-corrected chi connectivity index (χ3v) is 5.11. The van der Waals surface area contributed by atoms with Crippen LogP contribution in [0.5, 0.6) is 0 Å². The van der Waals surface area contributed by atoms with Gasteiger partial charge in [-0.05, 0) is 24.4 Å². The third-order valence-electron chi connectivity index (χ3n) is 4.22. The molecule has 1 N–H and O–H groups in total. The molecule has 0 aliphatic rings. The van der Waals surface area contributed by atoms with Crippen LogP contribution in [0.1, 0.15) is 25.7 Å². The van der Waals surface area contributed by atoms with Crippen molar-refractivity contribution in [3.05, 3.63) is 64.0 Å². The highest BCUT2D eigenvalue weighted by atomic mass is 32.1. The fourth-order valence-electron chi connectivity index (χ4n) is 2.88. The first-order valence-electron chi connectivity index (χ1n) is 8.38. The minimum Gasteiger partial charge on any atom is -0.465 e. The lowest BCUT2D eigenvalue weighted by molar-refractivity contribution is 0.0607. The molecule has 0 unspecified atom stereocenters. The predicted molar refractivity (Wildman–Crippen MR) is 106 cm³/mol. The summed E-state index contributed by atoms with van der Waals surface area (Å²) in [5.41, 5.74) is 3.03. The second kappa shape index (κ2) is 7.24. The molecule has 4 aromatic rings. The molecule has 0 saturated carbocycles. The van der Waals surface area contributed by atoms with E-state index in [4.69, 9.17) is 9.26 Å². The van der Waals surface area contributed by atoms with Gasteiger partial charge in [0.25, 0.3) is 11.6 Å². The van der Waals surface area contributed by atoms with E-state index < -0.39 is 5.97 Å². The number of ether oxygens (including phenoxy) is 1. The Morgan fingerprint density at radius 3 is 2.71 bits per heavy atom. The SMILES string of the molecule is COC(=O)c1sccc1NC(=O)c1cc(-c2ccccc2)nc2onc(C)c12. The average Bonchev–Trinajstić information content (AvgIpc) is 3.34. The summed E-state index contributed by atoms with van der Waals surface area (Å²) in [6, 6.07) is 12.8. The molecule has 7 nitrogen and oxygen atoms in total. The van der Waals surface area contributed by atoms with Crippen LogP contribution in [-0.2, 0) is 4.74 Å². The molecule has 1 amide bonds. The van der Waals surface area contributed by atoms with Gasteiger partial charge in [-0.1, -0.05) is 35.5 Å². The Morgan fingerprint density at radius 2 is 1.96 bits per heavy atom. The summed E-state index contributed by atoms with van der Waals surface area (Å²) in [4.78, 5) is 29.8. The average molecular weight is 393 g/mol. The van der Waals surface area contributed by atoms with Crippen molar-refractivity contribution >= 4 is 40.0 Å². The van der Waals surface area contributed by atoms with Gasteiger partial charge >= 0.3 is 5.97 Å². The topological polar surface area (TPSA) is 94.3 Å². The van der Waals surface area contributed by atoms with Crippen LogP contribution >= 0.6 is 11.3 Å². The van der Waals surface area contributed by atoms with Gasteiger partial charge in [0.1, 0.15) is 4.88 Å². The Labute approximate surface area is 163 Å². The first kappa shape index (κ1) is 17.9. The standard InChI is InChI=1S/C20H15N3O4S/c1-11-16-13(18(24)21-14-8-9-28-17(14)20(25)26-2)10-15(22-19(16)27-23-11)12-6-4-3-5-7-12/h3-10H,1-2H3,(H,21,24).